The number of hydrogen-bond acceptors (Lipinski definition) is 4. The molecular weight excluding hydrogens is 262 g/mol. The molecule has 112 valence electrons. The number of amides is 1. The molecule has 0 spiro atoms. The summed E-state index contributed by atoms with van der Waals surface area (Å²) in [6.45, 7) is 8.97. The summed E-state index contributed by atoms with van der Waals surface area (Å²) in [5.41, 5.74) is -0.285. The lowest BCUT2D eigenvalue weighted by atomic mass is 10.1. The van der Waals surface area contributed by atoms with Crippen molar-refractivity contribution in [3.05, 3.63) is 18.0 Å². The zero-order valence-corrected chi connectivity index (χ0v) is 12.4. The molecule has 0 saturated heterocycles. The molecule has 20 heavy (non-hydrogen) atoms. The lowest BCUT2D eigenvalue weighted by molar-refractivity contribution is -0.139. The van der Waals surface area contributed by atoms with Crippen LogP contribution in [0.1, 0.15) is 52.3 Å². The fraction of sp³-hybridized carbons (Fsp3) is 0.615. The largest absolute Gasteiger partial charge is 0.479 e. The number of carbonyl (C=O) groups is 2. The van der Waals surface area contributed by atoms with Crippen LogP contribution in [0.5, 0.6) is 0 Å². The van der Waals surface area contributed by atoms with Crippen molar-refractivity contribution in [2.75, 3.05) is 0 Å². The van der Waals surface area contributed by atoms with E-state index in [9.17, 15) is 14.7 Å². The van der Waals surface area contributed by atoms with Gasteiger partial charge in [-0.2, -0.15) is 5.10 Å². The zero-order chi connectivity index (χ0) is 15.5. The minimum atomic E-state index is -1.18. The van der Waals surface area contributed by atoms with E-state index in [0.717, 1.165) is 0 Å². The maximum atomic E-state index is 11.7. The molecule has 1 atom stereocenters. The highest BCUT2D eigenvalue weighted by Gasteiger charge is 2.26. The van der Waals surface area contributed by atoms with Gasteiger partial charge in [-0.25, -0.2) is 9.59 Å². The highest BCUT2D eigenvalue weighted by molar-refractivity contribution is 5.81. The molecule has 0 saturated carbocycles. The molecule has 7 heteroatoms. The van der Waals surface area contributed by atoms with Crippen molar-refractivity contribution in [2.45, 2.75) is 52.3 Å². The number of aromatic nitrogens is 2. The van der Waals surface area contributed by atoms with Crippen LogP contribution in [0.25, 0.3) is 0 Å². The SMILES string of the molecule is CC(C)n1cc([C@@H](NC(=O)OC(C)(C)C)C(=O)O)cn1. The summed E-state index contributed by atoms with van der Waals surface area (Å²) in [7, 11) is 0. The lowest BCUT2D eigenvalue weighted by Crippen LogP contribution is -2.37. The third-order valence-corrected chi connectivity index (χ3v) is 2.39. The summed E-state index contributed by atoms with van der Waals surface area (Å²) in [5.74, 6) is -1.17. The molecule has 0 fully saturated rings. The van der Waals surface area contributed by atoms with Gasteiger partial charge in [0.2, 0.25) is 0 Å². The van der Waals surface area contributed by atoms with Crippen molar-refractivity contribution in [3.63, 3.8) is 0 Å². The van der Waals surface area contributed by atoms with E-state index in [-0.39, 0.29) is 6.04 Å². The van der Waals surface area contributed by atoms with Gasteiger partial charge in [0.05, 0.1) is 6.20 Å². The first-order chi connectivity index (χ1) is 9.10. The maximum Gasteiger partial charge on any atom is 0.408 e. The third kappa shape index (κ3) is 4.56. The molecule has 0 radical (unpaired) electrons. The Morgan fingerprint density at radius 1 is 1.40 bits per heavy atom. The smallest absolute Gasteiger partial charge is 0.408 e. The van der Waals surface area contributed by atoms with Gasteiger partial charge in [0.1, 0.15) is 5.60 Å². The summed E-state index contributed by atoms with van der Waals surface area (Å²) < 4.78 is 6.68. The summed E-state index contributed by atoms with van der Waals surface area (Å²) in [6.07, 6.45) is 2.25. The zero-order valence-electron chi connectivity index (χ0n) is 12.4. The van der Waals surface area contributed by atoms with Gasteiger partial charge in [-0.1, -0.05) is 0 Å². The first kappa shape index (κ1) is 16.0. The molecule has 0 aliphatic rings. The minimum absolute atomic E-state index is 0.111. The van der Waals surface area contributed by atoms with E-state index in [1.54, 1.807) is 31.6 Å². The van der Waals surface area contributed by atoms with E-state index >= 15 is 0 Å². The predicted molar refractivity (Wildman–Crippen MR) is 72.4 cm³/mol. The quantitative estimate of drug-likeness (QED) is 0.882. The molecule has 0 aliphatic carbocycles. The first-order valence-corrected chi connectivity index (χ1v) is 6.36. The first-order valence-electron chi connectivity index (χ1n) is 6.36. The van der Waals surface area contributed by atoms with Gasteiger partial charge < -0.3 is 15.2 Å². The van der Waals surface area contributed by atoms with Gasteiger partial charge in [-0.05, 0) is 34.6 Å². The Hall–Kier alpha value is -2.05. The molecule has 7 nitrogen and oxygen atoms in total. The van der Waals surface area contributed by atoms with Crippen LogP contribution in [0, 0.1) is 0 Å². The number of nitrogens with one attached hydrogen (secondary N) is 1. The summed E-state index contributed by atoms with van der Waals surface area (Å²) in [6, 6.07) is -1.07. The van der Waals surface area contributed by atoms with Crippen molar-refractivity contribution < 1.29 is 19.4 Å². The normalized spacial score (nSPS) is 13.1. The number of alkyl carbamates (subject to hydrolysis) is 1. The summed E-state index contributed by atoms with van der Waals surface area (Å²) >= 11 is 0. The van der Waals surface area contributed by atoms with Crippen molar-refractivity contribution in [2.24, 2.45) is 0 Å². The molecule has 1 rings (SSSR count). The second kappa shape index (κ2) is 5.94. The van der Waals surface area contributed by atoms with Gasteiger partial charge in [0.15, 0.2) is 6.04 Å². The Labute approximate surface area is 117 Å². The molecule has 1 aromatic rings. The highest BCUT2D eigenvalue weighted by Crippen LogP contribution is 2.16. The van der Waals surface area contributed by atoms with Crippen LogP contribution in [0.3, 0.4) is 0 Å². The number of carboxylic acids is 1. The van der Waals surface area contributed by atoms with Gasteiger partial charge >= 0.3 is 12.1 Å². The maximum absolute atomic E-state index is 11.7. The third-order valence-electron chi connectivity index (χ3n) is 2.39. The van der Waals surface area contributed by atoms with Crippen LogP contribution in [-0.4, -0.2) is 32.6 Å². The van der Waals surface area contributed by atoms with E-state index in [1.165, 1.54) is 6.20 Å². The van der Waals surface area contributed by atoms with Crippen LogP contribution in [0.2, 0.25) is 0 Å². The van der Waals surface area contributed by atoms with Crippen LogP contribution in [0.15, 0.2) is 12.4 Å². The Kier molecular flexibility index (Phi) is 4.75. The average molecular weight is 283 g/mol. The number of aliphatic carboxylic acids is 1. The monoisotopic (exact) mass is 283 g/mol. The van der Waals surface area contributed by atoms with Crippen molar-refractivity contribution in [1.29, 1.82) is 0 Å². The summed E-state index contributed by atoms with van der Waals surface area (Å²) in [5, 5.41) is 15.6. The second-order valence-electron chi connectivity index (χ2n) is 5.76. The number of nitrogens with zero attached hydrogens (tertiary/aromatic N) is 2. The molecular formula is C13H21N3O4. The second-order valence-corrected chi connectivity index (χ2v) is 5.76. The Morgan fingerprint density at radius 3 is 2.40 bits per heavy atom. The van der Waals surface area contributed by atoms with Gasteiger partial charge in [0.25, 0.3) is 0 Å². The summed E-state index contributed by atoms with van der Waals surface area (Å²) in [4.78, 5) is 22.9. The van der Waals surface area contributed by atoms with Crippen molar-refractivity contribution >= 4 is 12.1 Å². The van der Waals surface area contributed by atoms with E-state index in [4.69, 9.17) is 4.74 Å². The van der Waals surface area contributed by atoms with Gasteiger partial charge in [-0.15, -0.1) is 0 Å². The van der Waals surface area contributed by atoms with Crippen LogP contribution in [0.4, 0.5) is 4.79 Å². The van der Waals surface area contributed by atoms with E-state index in [1.807, 2.05) is 13.8 Å². The molecule has 0 bridgehead atoms. The van der Waals surface area contributed by atoms with E-state index in [0.29, 0.717) is 5.56 Å². The van der Waals surface area contributed by atoms with Crippen molar-refractivity contribution in [3.8, 4) is 0 Å². The predicted octanol–water partition coefficient (Wildman–Crippen LogP) is 2.11. The molecule has 0 aliphatic heterocycles. The molecule has 1 aromatic heterocycles. The highest BCUT2D eigenvalue weighted by atomic mass is 16.6. The van der Waals surface area contributed by atoms with Crippen LogP contribution < -0.4 is 5.32 Å². The van der Waals surface area contributed by atoms with Crippen LogP contribution in [-0.2, 0) is 9.53 Å². The number of rotatable bonds is 4. The Bertz CT molecular complexity index is 488. The van der Waals surface area contributed by atoms with Crippen LogP contribution >= 0.6 is 0 Å². The van der Waals surface area contributed by atoms with Crippen molar-refractivity contribution in [1.82, 2.24) is 15.1 Å². The number of hydrogen-bond donors (Lipinski definition) is 2. The molecule has 2 N–H and O–H groups in total. The Morgan fingerprint density at radius 2 is 2.00 bits per heavy atom. The molecule has 1 amide bonds. The fourth-order valence-electron chi connectivity index (χ4n) is 1.50. The Balaban J connectivity index is 2.84. The average Bonchev–Trinajstić information content (AvgIpc) is 2.71. The fourth-order valence-corrected chi connectivity index (χ4v) is 1.50. The minimum Gasteiger partial charge on any atom is -0.479 e. The lowest BCUT2D eigenvalue weighted by Gasteiger charge is -2.21. The molecule has 1 heterocycles. The van der Waals surface area contributed by atoms with E-state index in [2.05, 4.69) is 10.4 Å². The standard InChI is InChI=1S/C13H21N3O4/c1-8(2)16-7-9(6-14-16)10(11(17)18)15-12(19)20-13(3,4)5/h6-8,10H,1-5H3,(H,15,19)(H,17,18)/t10-/m1/s1. The number of carbonyl (C=O) groups excluding carboxylic acids is 1. The van der Waals surface area contributed by atoms with Gasteiger partial charge in [0, 0.05) is 17.8 Å². The number of carboxylic acid groups (broad SMARTS) is 1. The molecule has 0 aromatic carbocycles. The van der Waals surface area contributed by atoms with E-state index < -0.39 is 23.7 Å². The molecule has 0 unspecified atom stereocenters. The number of ether oxygens (including phenoxy) is 1. The topological polar surface area (TPSA) is 93.5 Å². The van der Waals surface area contributed by atoms with Gasteiger partial charge in [-0.3, -0.25) is 4.68 Å².